The summed E-state index contributed by atoms with van der Waals surface area (Å²) in [6.07, 6.45) is 5.07. The van der Waals surface area contributed by atoms with Gasteiger partial charge in [-0.2, -0.15) is 5.48 Å². The van der Waals surface area contributed by atoms with Gasteiger partial charge in [-0.15, -0.1) is 11.3 Å². The number of aromatic carboxylic acids is 1. The van der Waals surface area contributed by atoms with Gasteiger partial charge in [0.1, 0.15) is 0 Å². The molecule has 0 radical (unpaired) electrons. The van der Waals surface area contributed by atoms with E-state index in [9.17, 15) is 4.79 Å². The number of hydroxylamine groups is 1. The van der Waals surface area contributed by atoms with E-state index in [1.165, 1.54) is 24.2 Å². The third-order valence-corrected chi connectivity index (χ3v) is 3.64. The number of nitrogens with one attached hydrogen (secondary N) is 1. The Hall–Kier alpha value is -0.910. The van der Waals surface area contributed by atoms with Crippen LogP contribution in [0.1, 0.15) is 40.9 Å². The van der Waals surface area contributed by atoms with Crippen molar-refractivity contribution in [2.75, 3.05) is 0 Å². The molecule has 1 aromatic rings. The average Bonchev–Trinajstić information content (AvgIpc) is 2.87. The fraction of sp³-hybridized carbons (Fsp3) is 0.545. The van der Waals surface area contributed by atoms with E-state index in [1.54, 1.807) is 11.4 Å². The monoisotopic (exact) mass is 241 g/mol. The summed E-state index contributed by atoms with van der Waals surface area (Å²) < 4.78 is 0. The van der Waals surface area contributed by atoms with Gasteiger partial charge in [-0.05, 0) is 18.9 Å². The lowest BCUT2D eigenvalue weighted by atomic mass is 10.3. The summed E-state index contributed by atoms with van der Waals surface area (Å²) in [5, 5.41) is 10.4. The molecule has 0 spiro atoms. The second kappa shape index (κ2) is 5.43. The van der Waals surface area contributed by atoms with E-state index >= 15 is 0 Å². The van der Waals surface area contributed by atoms with Gasteiger partial charge in [0.2, 0.25) is 0 Å². The summed E-state index contributed by atoms with van der Waals surface area (Å²) in [5.41, 5.74) is 3.26. The molecule has 1 aliphatic carbocycles. The number of carboxylic acid groups (broad SMARTS) is 1. The van der Waals surface area contributed by atoms with Crippen LogP contribution in [-0.4, -0.2) is 17.2 Å². The number of carbonyl (C=O) groups is 1. The molecule has 1 saturated carbocycles. The molecule has 1 heterocycles. The van der Waals surface area contributed by atoms with Crippen LogP contribution >= 0.6 is 11.3 Å². The maximum atomic E-state index is 10.7. The van der Waals surface area contributed by atoms with Crippen LogP contribution in [0.3, 0.4) is 0 Å². The van der Waals surface area contributed by atoms with Crippen LogP contribution < -0.4 is 5.48 Å². The minimum atomic E-state index is -0.876. The van der Waals surface area contributed by atoms with Gasteiger partial charge in [-0.1, -0.05) is 12.8 Å². The molecule has 1 aliphatic rings. The molecule has 0 atom stereocenters. The molecular weight excluding hydrogens is 226 g/mol. The lowest BCUT2D eigenvalue weighted by Gasteiger charge is -2.10. The van der Waals surface area contributed by atoms with Crippen LogP contribution in [0.2, 0.25) is 0 Å². The van der Waals surface area contributed by atoms with E-state index in [1.807, 2.05) is 0 Å². The van der Waals surface area contributed by atoms with Crippen molar-refractivity contribution in [3.8, 4) is 0 Å². The highest BCUT2D eigenvalue weighted by Gasteiger charge is 2.15. The molecule has 0 saturated heterocycles. The first-order valence-electron chi connectivity index (χ1n) is 5.45. The minimum absolute atomic E-state index is 0.332. The fourth-order valence-electron chi connectivity index (χ4n) is 1.82. The first-order valence-corrected chi connectivity index (χ1v) is 6.33. The van der Waals surface area contributed by atoms with E-state index in [2.05, 4.69) is 5.48 Å². The van der Waals surface area contributed by atoms with Gasteiger partial charge in [0.15, 0.2) is 0 Å². The van der Waals surface area contributed by atoms with Crippen LogP contribution in [0.15, 0.2) is 11.4 Å². The smallest absolute Gasteiger partial charge is 0.336 e. The Morgan fingerprint density at radius 1 is 1.56 bits per heavy atom. The van der Waals surface area contributed by atoms with E-state index in [0.29, 0.717) is 18.2 Å². The van der Waals surface area contributed by atoms with Crippen molar-refractivity contribution >= 4 is 17.3 Å². The molecule has 4 nitrogen and oxygen atoms in total. The maximum absolute atomic E-state index is 10.7. The molecule has 5 heteroatoms. The number of rotatable bonds is 5. The summed E-state index contributed by atoms with van der Waals surface area (Å²) in [6, 6.07) is 1.68. The first kappa shape index (κ1) is 11.6. The predicted octanol–water partition coefficient (Wildman–Crippen LogP) is 2.41. The van der Waals surface area contributed by atoms with Crippen LogP contribution in [0.5, 0.6) is 0 Å². The summed E-state index contributed by atoms with van der Waals surface area (Å²) in [7, 11) is 0. The van der Waals surface area contributed by atoms with Crippen molar-refractivity contribution in [1.82, 2.24) is 5.48 Å². The van der Waals surface area contributed by atoms with Gasteiger partial charge in [0, 0.05) is 10.3 Å². The van der Waals surface area contributed by atoms with Gasteiger partial charge in [-0.25, -0.2) is 4.79 Å². The number of thiophene rings is 1. The Bertz CT molecular complexity index is 358. The molecular formula is C11H15NO3S. The lowest BCUT2D eigenvalue weighted by molar-refractivity contribution is -0.0240. The number of hydrogen-bond donors (Lipinski definition) is 2. The van der Waals surface area contributed by atoms with Crippen LogP contribution in [0.25, 0.3) is 0 Å². The Morgan fingerprint density at radius 3 is 2.94 bits per heavy atom. The summed E-state index contributed by atoms with van der Waals surface area (Å²) in [5.74, 6) is -0.876. The molecule has 88 valence electrons. The Labute approximate surface area is 98.2 Å². The van der Waals surface area contributed by atoms with Crippen LogP contribution in [0.4, 0.5) is 0 Å². The third kappa shape index (κ3) is 3.04. The second-order valence-corrected chi connectivity index (χ2v) is 4.95. The van der Waals surface area contributed by atoms with E-state index in [-0.39, 0.29) is 0 Å². The zero-order valence-electron chi connectivity index (χ0n) is 8.94. The normalized spacial score (nSPS) is 16.8. The van der Waals surface area contributed by atoms with Crippen molar-refractivity contribution in [1.29, 1.82) is 0 Å². The van der Waals surface area contributed by atoms with Crippen molar-refractivity contribution in [3.63, 3.8) is 0 Å². The van der Waals surface area contributed by atoms with Gasteiger partial charge in [0.05, 0.1) is 18.2 Å². The molecule has 1 fully saturated rings. The molecule has 0 amide bonds. The molecule has 2 N–H and O–H groups in total. The predicted molar refractivity (Wildman–Crippen MR) is 61.5 cm³/mol. The molecule has 0 bridgehead atoms. The standard InChI is InChI=1S/C11H15NO3S/c13-11(14)8-5-10(16-7-8)6-12-15-9-3-1-2-4-9/h5,7,9,12H,1-4,6H2,(H,13,14). The van der Waals surface area contributed by atoms with E-state index < -0.39 is 5.97 Å². The highest BCUT2D eigenvalue weighted by Crippen LogP contribution is 2.20. The maximum Gasteiger partial charge on any atom is 0.336 e. The first-order chi connectivity index (χ1) is 7.75. The Balaban J connectivity index is 1.74. The van der Waals surface area contributed by atoms with Crippen molar-refractivity contribution in [3.05, 3.63) is 21.9 Å². The average molecular weight is 241 g/mol. The van der Waals surface area contributed by atoms with E-state index in [4.69, 9.17) is 9.94 Å². The van der Waals surface area contributed by atoms with Crippen molar-refractivity contribution in [2.45, 2.75) is 38.3 Å². The number of hydrogen-bond acceptors (Lipinski definition) is 4. The quantitative estimate of drug-likeness (QED) is 0.777. The third-order valence-electron chi connectivity index (χ3n) is 2.70. The molecule has 0 aliphatic heterocycles. The summed E-state index contributed by atoms with van der Waals surface area (Å²) in [4.78, 5) is 17.1. The number of carboxylic acids is 1. The van der Waals surface area contributed by atoms with Crippen LogP contribution in [0, 0.1) is 0 Å². The van der Waals surface area contributed by atoms with E-state index in [0.717, 1.165) is 17.7 Å². The largest absolute Gasteiger partial charge is 0.478 e. The van der Waals surface area contributed by atoms with Gasteiger partial charge in [-0.3, -0.25) is 4.84 Å². The zero-order valence-corrected chi connectivity index (χ0v) is 9.76. The zero-order chi connectivity index (χ0) is 11.4. The lowest BCUT2D eigenvalue weighted by Crippen LogP contribution is -2.20. The summed E-state index contributed by atoms with van der Waals surface area (Å²) >= 11 is 1.44. The molecule has 0 aromatic carbocycles. The molecule has 0 unspecified atom stereocenters. The minimum Gasteiger partial charge on any atom is -0.478 e. The van der Waals surface area contributed by atoms with Crippen LogP contribution in [-0.2, 0) is 11.4 Å². The topological polar surface area (TPSA) is 58.6 Å². The van der Waals surface area contributed by atoms with Gasteiger partial charge in [0.25, 0.3) is 0 Å². The molecule has 1 aromatic heterocycles. The second-order valence-electron chi connectivity index (χ2n) is 3.95. The SMILES string of the molecule is O=C(O)c1csc(CNOC2CCCC2)c1. The highest BCUT2D eigenvalue weighted by molar-refractivity contribution is 7.10. The van der Waals surface area contributed by atoms with Gasteiger partial charge >= 0.3 is 5.97 Å². The highest BCUT2D eigenvalue weighted by atomic mass is 32.1. The van der Waals surface area contributed by atoms with Crippen molar-refractivity contribution < 1.29 is 14.7 Å². The van der Waals surface area contributed by atoms with Gasteiger partial charge < -0.3 is 5.11 Å². The Kier molecular flexibility index (Phi) is 3.93. The molecule has 16 heavy (non-hydrogen) atoms. The summed E-state index contributed by atoms with van der Waals surface area (Å²) in [6.45, 7) is 0.578. The van der Waals surface area contributed by atoms with Crippen molar-refractivity contribution in [2.24, 2.45) is 0 Å². The fourth-order valence-corrected chi connectivity index (χ4v) is 2.61. The Morgan fingerprint density at radius 2 is 2.31 bits per heavy atom. The molecule has 2 rings (SSSR count).